The Hall–Kier alpha value is -2.04. The van der Waals surface area contributed by atoms with Crippen molar-refractivity contribution in [2.24, 2.45) is 0 Å². The van der Waals surface area contributed by atoms with Crippen LogP contribution in [0.3, 0.4) is 0 Å². The first-order valence-corrected chi connectivity index (χ1v) is 5.70. The summed E-state index contributed by atoms with van der Waals surface area (Å²) in [6.07, 6.45) is 3.57. The third kappa shape index (κ3) is 2.16. The van der Waals surface area contributed by atoms with Gasteiger partial charge in [-0.2, -0.15) is 5.10 Å². The molecule has 0 fully saturated rings. The minimum absolute atomic E-state index is 0.0255. The SMILES string of the molecule is COc1cc(-c2cnn(C(C)C)c2)cc(F)c1N. The summed E-state index contributed by atoms with van der Waals surface area (Å²) >= 11 is 0. The van der Waals surface area contributed by atoms with Crippen molar-refractivity contribution in [1.82, 2.24) is 9.78 Å². The molecule has 0 saturated carbocycles. The highest BCUT2D eigenvalue weighted by Gasteiger charge is 2.11. The second kappa shape index (κ2) is 4.68. The molecule has 0 amide bonds. The third-order valence-corrected chi connectivity index (χ3v) is 2.78. The first-order valence-electron chi connectivity index (χ1n) is 5.70. The Kier molecular flexibility index (Phi) is 3.23. The van der Waals surface area contributed by atoms with Crippen LogP contribution < -0.4 is 10.5 Å². The minimum Gasteiger partial charge on any atom is -0.494 e. The van der Waals surface area contributed by atoms with Crippen molar-refractivity contribution in [3.8, 4) is 16.9 Å². The van der Waals surface area contributed by atoms with Gasteiger partial charge in [-0.1, -0.05) is 0 Å². The molecule has 2 N–H and O–H groups in total. The Labute approximate surface area is 105 Å². The Morgan fingerprint density at radius 3 is 2.61 bits per heavy atom. The summed E-state index contributed by atoms with van der Waals surface area (Å²) in [5, 5.41) is 4.22. The zero-order chi connectivity index (χ0) is 13.3. The van der Waals surface area contributed by atoms with Crippen LogP contribution in [0, 0.1) is 5.82 Å². The fraction of sp³-hybridized carbons (Fsp3) is 0.308. The normalized spacial score (nSPS) is 10.9. The highest BCUT2D eigenvalue weighted by atomic mass is 19.1. The molecule has 0 unspecified atom stereocenters. The maximum Gasteiger partial charge on any atom is 0.150 e. The van der Waals surface area contributed by atoms with Crippen LogP contribution in [0.15, 0.2) is 24.5 Å². The van der Waals surface area contributed by atoms with Gasteiger partial charge in [0.15, 0.2) is 5.82 Å². The number of nitrogens with zero attached hydrogens (tertiary/aromatic N) is 2. The van der Waals surface area contributed by atoms with Crippen LogP contribution in [-0.4, -0.2) is 16.9 Å². The van der Waals surface area contributed by atoms with Crippen LogP contribution in [0.4, 0.5) is 10.1 Å². The van der Waals surface area contributed by atoms with Crippen molar-refractivity contribution in [3.63, 3.8) is 0 Å². The average Bonchev–Trinajstić information content (AvgIpc) is 2.82. The molecule has 0 aliphatic carbocycles. The smallest absolute Gasteiger partial charge is 0.150 e. The van der Waals surface area contributed by atoms with Gasteiger partial charge in [0.1, 0.15) is 11.4 Å². The van der Waals surface area contributed by atoms with Crippen molar-refractivity contribution in [3.05, 3.63) is 30.3 Å². The van der Waals surface area contributed by atoms with Gasteiger partial charge in [-0.25, -0.2) is 4.39 Å². The van der Waals surface area contributed by atoms with E-state index in [0.717, 1.165) is 5.56 Å². The van der Waals surface area contributed by atoms with E-state index in [9.17, 15) is 4.39 Å². The number of rotatable bonds is 3. The van der Waals surface area contributed by atoms with E-state index in [1.54, 1.807) is 12.3 Å². The Morgan fingerprint density at radius 1 is 1.33 bits per heavy atom. The van der Waals surface area contributed by atoms with E-state index in [2.05, 4.69) is 5.10 Å². The third-order valence-electron chi connectivity index (χ3n) is 2.78. The van der Waals surface area contributed by atoms with Crippen LogP contribution in [-0.2, 0) is 0 Å². The molecule has 2 rings (SSSR count). The Bertz CT molecular complexity index is 563. The van der Waals surface area contributed by atoms with E-state index in [4.69, 9.17) is 10.5 Å². The summed E-state index contributed by atoms with van der Waals surface area (Å²) in [6, 6.07) is 3.36. The molecule has 0 radical (unpaired) electrons. The van der Waals surface area contributed by atoms with Crippen molar-refractivity contribution in [2.45, 2.75) is 19.9 Å². The zero-order valence-electron chi connectivity index (χ0n) is 10.6. The van der Waals surface area contributed by atoms with Gasteiger partial charge in [0.25, 0.3) is 0 Å². The van der Waals surface area contributed by atoms with E-state index < -0.39 is 5.82 Å². The number of benzene rings is 1. The molecule has 0 bridgehead atoms. The Morgan fingerprint density at radius 2 is 2.06 bits per heavy atom. The van der Waals surface area contributed by atoms with Crippen LogP contribution in [0.1, 0.15) is 19.9 Å². The van der Waals surface area contributed by atoms with Gasteiger partial charge < -0.3 is 10.5 Å². The molecule has 4 nitrogen and oxygen atoms in total. The van der Waals surface area contributed by atoms with Gasteiger partial charge >= 0.3 is 0 Å². The number of hydrogen-bond donors (Lipinski definition) is 1. The first kappa shape index (κ1) is 12.4. The van der Waals surface area contributed by atoms with Crippen LogP contribution in [0.25, 0.3) is 11.1 Å². The van der Waals surface area contributed by atoms with E-state index in [-0.39, 0.29) is 11.7 Å². The lowest BCUT2D eigenvalue weighted by molar-refractivity contribution is 0.414. The van der Waals surface area contributed by atoms with Gasteiger partial charge in [0.2, 0.25) is 0 Å². The second-order valence-electron chi connectivity index (χ2n) is 4.38. The molecular formula is C13H16FN3O. The van der Waals surface area contributed by atoms with Gasteiger partial charge in [-0.15, -0.1) is 0 Å². The van der Waals surface area contributed by atoms with E-state index in [1.807, 2.05) is 24.7 Å². The van der Waals surface area contributed by atoms with Crippen molar-refractivity contribution in [1.29, 1.82) is 0 Å². The topological polar surface area (TPSA) is 53.1 Å². The molecule has 1 aromatic heterocycles. The zero-order valence-corrected chi connectivity index (χ0v) is 10.6. The van der Waals surface area contributed by atoms with Crippen LogP contribution in [0.5, 0.6) is 5.75 Å². The number of aromatic nitrogens is 2. The number of hydrogen-bond acceptors (Lipinski definition) is 3. The fourth-order valence-corrected chi connectivity index (χ4v) is 1.70. The molecule has 2 aromatic rings. The number of halogens is 1. The lowest BCUT2D eigenvalue weighted by Gasteiger charge is -2.08. The lowest BCUT2D eigenvalue weighted by Crippen LogP contribution is -1.99. The quantitative estimate of drug-likeness (QED) is 0.851. The monoisotopic (exact) mass is 249 g/mol. The van der Waals surface area contributed by atoms with Gasteiger partial charge in [0.05, 0.1) is 13.3 Å². The lowest BCUT2D eigenvalue weighted by atomic mass is 10.1. The van der Waals surface area contributed by atoms with Crippen LogP contribution in [0.2, 0.25) is 0 Å². The van der Waals surface area contributed by atoms with E-state index in [0.29, 0.717) is 11.3 Å². The van der Waals surface area contributed by atoms with Crippen molar-refractivity contribution in [2.75, 3.05) is 12.8 Å². The molecule has 1 heterocycles. The van der Waals surface area contributed by atoms with Gasteiger partial charge in [-0.3, -0.25) is 4.68 Å². The largest absolute Gasteiger partial charge is 0.494 e. The first-order chi connectivity index (χ1) is 8.52. The number of ether oxygens (including phenoxy) is 1. The highest BCUT2D eigenvalue weighted by molar-refractivity contribution is 5.69. The minimum atomic E-state index is -0.485. The molecule has 1 aromatic carbocycles. The molecule has 0 spiro atoms. The second-order valence-corrected chi connectivity index (χ2v) is 4.38. The van der Waals surface area contributed by atoms with Crippen molar-refractivity contribution >= 4 is 5.69 Å². The number of nitrogens with two attached hydrogens (primary N) is 1. The van der Waals surface area contributed by atoms with Gasteiger partial charge in [-0.05, 0) is 31.5 Å². The number of methoxy groups -OCH3 is 1. The highest BCUT2D eigenvalue weighted by Crippen LogP contribution is 2.31. The summed E-state index contributed by atoms with van der Waals surface area (Å²) in [6.45, 7) is 4.06. The number of anilines is 1. The summed E-state index contributed by atoms with van der Waals surface area (Å²) in [5.74, 6) is -0.149. The maximum absolute atomic E-state index is 13.6. The molecule has 0 saturated heterocycles. The predicted molar refractivity (Wildman–Crippen MR) is 69.0 cm³/mol. The molecule has 0 atom stereocenters. The average molecular weight is 249 g/mol. The molecular weight excluding hydrogens is 233 g/mol. The van der Waals surface area contributed by atoms with Crippen molar-refractivity contribution < 1.29 is 9.13 Å². The molecule has 96 valence electrons. The van der Waals surface area contributed by atoms with E-state index in [1.165, 1.54) is 13.2 Å². The maximum atomic E-state index is 13.6. The van der Waals surface area contributed by atoms with E-state index >= 15 is 0 Å². The molecule has 18 heavy (non-hydrogen) atoms. The fourth-order valence-electron chi connectivity index (χ4n) is 1.70. The summed E-state index contributed by atoms with van der Waals surface area (Å²) < 4.78 is 20.5. The molecule has 0 aliphatic rings. The number of nitrogen functional groups attached to an aromatic ring is 1. The predicted octanol–water partition coefficient (Wildman–Crippen LogP) is 2.86. The summed E-state index contributed by atoms with van der Waals surface area (Å²) in [7, 11) is 1.46. The Balaban J connectivity index is 2.47. The molecule has 5 heteroatoms. The summed E-state index contributed by atoms with van der Waals surface area (Å²) in [5.41, 5.74) is 7.13. The molecule has 0 aliphatic heterocycles. The standard InChI is InChI=1S/C13H16FN3O/c1-8(2)17-7-10(6-16-17)9-4-11(14)13(15)12(5-9)18-3/h4-8H,15H2,1-3H3. The summed E-state index contributed by atoms with van der Waals surface area (Å²) in [4.78, 5) is 0. The van der Waals surface area contributed by atoms with Crippen LogP contribution >= 0.6 is 0 Å². The van der Waals surface area contributed by atoms with Gasteiger partial charge in [0, 0.05) is 17.8 Å².